The molecule has 0 aliphatic heterocycles. The van der Waals surface area contributed by atoms with Crippen LogP contribution in [0, 0.1) is 5.92 Å². The van der Waals surface area contributed by atoms with Crippen molar-refractivity contribution in [3.63, 3.8) is 0 Å². The van der Waals surface area contributed by atoms with E-state index in [9.17, 15) is 0 Å². The largest absolute Gasteiger partial charge is 0.497 e. The van der Waals surface area contributed by atoms with Gasteiger partial charge in [-0.05, 0) is 36.6 Å². The van der Waals surface area contributed by atoms with E-state index in [-0.39, 0.29) is 0 Å². The lowest BCUT2D eigenvalue weighted by Gasteiger charge is -2.12. The van der Waals surface area contributed by atoms with Crippen LogP contribution in [0.15, 0.2) is 60.7 Å². The van der Waals surface area contributed by atoms with Crippen molar-refractivity contribution in [3.05, 3.63) is 60.7 Å². The molecule has 0 saturated carbocycles. The molecule has 0 atom stereocenters. The zero-order valence-electron chi connectivity index (χ0n) is 16.1. The molecule has 2 aromatic carbocycles. The van der Waals surface area contributed by atoms with Crippen LogP contribution in [0.2, 0.25) is 0 Å². The van der Waals surface area contributed by atoms with Gasteiger partial charge in [-0.1, -0.05) is 44.2 Å². The van der Waals surface area contributed by atoms with Crippen LogP contribution in [0.3, 0.4) is 0 Å². The maximum absolute atomic E-state index is 5.22. The monoisotopic (exact) mass is 362 g/mol. The van der Waals surface area contributed by atoms with Crippen LogP contribution in [0.1, 0.15) is 20.3 Å². The van der Waals surface area contributed by atoms with Gasteiger partial charge in [-0.25, -0.2) is 4.98 Å². The first-order valence-corrected chi connectivity index (χ1v) is 9.23. The molecule has 3 rings (SSSR count). The standard InChI is InChI=1S/C22H26N4O/c1-16(2)13-14-23-22-25-20(17-7-5-4-6-8-17)15-21(26-22)24-18-9-11-19(27-3)12-10-18/h4-12,15-16H,13-14H2,1-3H3,(H2,23,24,25,26). The summed E-state index contributed by atoms with van der Waals surface area (Å²) < 4.78 is 5.22. The van der Waals surface area contributed by atoms with Crippen LogP contribution in [0.5, 0.6) is 5.75 Å². The summed E-state index contributed by atoms with van der Waals surface area (Å²) in [6.07, 6.45) is 1.07. The van der Waals surface area contributed by atoms with E-state index in [1.165, 1.54) is 0 Å². The van der Waals surface area contributed by atoms with E-state index in [4.69, 9.17) is 4.74 Å². The Bertz CT molecular complexity index is 848. The van der Waals surface area contributed by atoms with E-state index in [1.54, 1.807) is 7.11 Å². The average Bonchev–Trinajstić information content (AvgIpc) is 2.69. The molecule has 0 aliphatic rings. The summed E-state index contributed by atoms with van der Waals surface area (Å²) in [5, 5.41) is 6.71. The van der Waals surface area contributed by atoms with Gasteiger partial charge in [0.15, 0.2) is 0 Å². The minimum absolute atomic E-state index is 0.631. The molecule has 1 heterocycles. The van der Waals surface area contributed by atoms with E-state index in [2.05, 4.69) is 46.6 Å². The first-order valence-electron chi connectivity index (χ1n) is 9.23. The molecule has 3 aromatic rings. The molecule has 0 spiro atoms. The van der Waals surface area contributed by atoms with Crippen molar-refractivity contribution >= 4 is 17.5 Å². The molecule has 27 heavy (non-hydrogen) atoms. The van der Waals surface area contributed by atoms with Gasteiger partial charge in [0.1, 0.15) is 11.6 Å². The third-order valence-corrected chi connectivity index (χ3v) is 4.16. The third-order valence-electron chi connectivity index (χ3n) is 4.16. The fourth-order valence-electron chi connectivity index (χ4n) is 2.64. The molecule has 1 aromatic heterocycles. The molecule has 0 amide bonds. The lowest BCUT2D eigenvalue weighted by atomic mass is 10.1. The van der Waals surface area contributed by atoms with Crippen molar-refractivity contribution in [2.24, 2.45) is 5.92 Å². The van der Waals surface area contributed by atoms with Gasteiger partial charge in [-0.2, -0.15) is 4.98 Å². The van der Waals surface area contributed by atoms with Crippen molar-refractivity contribution in [3.8, 4) is 17.0 Å². The molecule has 140 valence electrons. The van der Waals surface area contributed by atoms with Crippen molar-refractivity contribution in [1.29, 1.82) is 0 Å². The van der Waals surface area contributed by atoms with Crippen molar-refractivity contribution in [2.45, 2.75) is 20.3 Å². The zero-order valence-corrected chi connectivity index (χ0v) is 16.1. The first-order chi connectivity index (χ1) is 13.1. The topological polar surface area (TPSA) is 59.1 Å². The molecule has 0 aliphatic carbocycles. The molecule has 0 bridgehead atoms. The van der Waals surface area contributed by atoms with Crippen LogP contribution in [-0.2, 0) is 0 Å². The number of benzene rings is 2. The van der Waals surface area contributed by atoms with Crippen molar-refractivity contribution in [1.82, 2.24) is 9.97 Å². The average molecular weight is 362 g/mol. The van der Waals surface area contributed by atoms with Gasteiger partial charge in [-0.15, -0.1) is 0 Å². The Morgan fingerprint density at radius 2 is 1.70 bits per heavy atom. The van der Waals surface area contributed by atoms with Crippen LogP contribution in [0.4, 0.5) is 17.5 Å². The van der Waals surface area contributed by atoms with Gasteiger partial charge in [0.05, 0.1) is 12.8 Å². The number of nitrogens with one attached hydrogen (secondary N) is 2. The summed E-state index contributed by atoms with van der Waals surface area (Å²) in [7, 11) is 1.66. The Morgan fingerprint density at radius 1 is 0.963 bits per heavy atom. The van der Waals surface area contributed by atoms with E-state index < -0.39 is 0 Å². The summed E-state index contributed by atoms with van der Waals surface area (Å²) >= 11 is 0. The zero-order chi connectivity index (χ0) is 19.1. The molecule has 5 heteroatoms. The Balaban J connectivity index is 1.86. The highest BCUT2D eigenvalue weighted by atomic mass is 16.5. The second kappa shape index (κ2) is 9.03. The number of aromatic nitrogens is 2. The lowest BCUT2D eigenvalue weighted by molar-refractivity contribution is 0.415. The minimum Gasteiger partial charge on any atom is -0.497 e. The summed E-state index contributed by atoms with van der Waals surface area (Å²) in [6.45, 7) is 5.26. The molecule has 0 saturated heterocycles. The van der Waals surface area contributed by atoms with Gasteiger partial charge >= 0.3 is 0 Å². The smallest absolute Gasteiger partial charge is 0.225 e. The Kier molecular flexibility index (Phi) is 6.26. The molecule has 5 nitrogen and oxygen atoms in total. The quantitative estimate of drug-likeness (QED) is 0.565. The number of ether oxygens (including phenoxy) is 1. The van der Waals surface area contributed by atoms with Gasteiger partial charge in [-0.3, -0.25) is 0 Å². The van der Waals surface area contributed by atoms with Crippen molar-refractivity contribution in [2.75, 3.05) is 24.3 Å². The molecule has 0 fully saturated rings. The van der Waals surface area contributed by atoms with E-state index in [0.29, 0.717) is 11.9 Å². The predicted molar refractivity (Wildman–Crippen MR) is 112 cm³/mol. The fraction of sp³-hybridized carbons (Fsp3) is 0.273. The van der Waals surface area contributed by atoms with Gasteiger partial charge in [0.2, 0.25) is 5.95 Å². The SMILES string of the molecule is COc1ccc(Nc2cc(-c3ccccc3)nc(NCCC(C)C)n2)cc1. The number of hydrogen-bond donors (Lipinski definition) is 2. The summed E-state index contributed by atoms with van der Waals surface area (Å²) in [4.78, 5) is 9.32. The molecule has 0 radical (unpaired) electrons. The maximum atomic E-state index is 5.22. The summed E-state index contributed by atoms with van der Waals surface area (Å²) in [5.74, 6) is 2.84. The fourth-order valence-corrected chi connectivity index (χ4v) is 2.64. The number of nitrogens with zero attached hydrogens (tertiary/aromatic N) is 2. The maximum Gasteiger partial charge on any atom is 0.225 e. The predicted octanol–water partition coefficient (Wildman–Crippen LogP) is 5.35. The Labute approximate surface area is 160 Å². The number of methoxy groups -OCH3 is 1. The van der Waals surface area contributed by atoms with Gasteiger partial charge in [0, 0.05) is 23.9 Å². The highest BCUT2D eigenvalue weighted by Gasteiger charge is 2.08. The van der Waals surface area contributed by atoms with Crippen molar-refractivity contribution < 1.29 is 4.74 Å². The first kappa shape index (κ1) is 18.7. The second-order valence-electron chi connectivity index (χ2n) is 6.79. The Hall–Kier alpha value is -3.08. The third kappa shape index (κ3) is 5.45. The van der Waals surface area contributed by atoms with Crippen LogP contribution in [0.25, 0.3) is 11.3 Å². The van der Waals surface area contributed by atoms with Crippen LogP contribution in [-0.4, -0.2) is 23.6 Å². The molecular weight excluding hydrogens is 336 g/mol. The minimum atomic E-state index is 0.631. The van der Waals surface area contributed by atoms with Gasteiger partial charge in [0.25, 0.3) is 0 Å². The number of rotatable bonds is 8. The summed E-state index contributed by atoms with van der Waals surface area (Å²) in [5.41, 5.74) is 2.89. The van der Waals surface area contributed by atoms with E-state index >= 15 is 0 Å². The highest BCUT2D eigenvalue weighted by Crippen LogP contribution is 2.24. The van der Waals surface area contributed by atoms with Gasteiger partial charge < -0.3 is 15.4 Å². The van der Waals surface area contributed by atoms with E-state index in [1.807, 2.05) is 48.5 Å². The molecule has 2 N–H and O–H groups in total. The summed E-state index contributed by atoms with van der Waals surface area (Å²) in [6, 6.07) is 19.9. The van der Waals surface area contributed by atoms with E-state index in [0.717, 1.165) is 41.5 Å². The number of hydrogen-bond acceptors (Lipinski definition) is 5. The normalized spacial score (nSPS) is 10.7. The molecule has 0 unspecified atom stereocenters. The molecular formula is C22H26N4O. The lowest BCUT2D eigenvalue weighted by Crippen LogP contribution is -2.09. The number of anilines is 3. The second-order valence-corrected chi connectivity index (χ2v) is 6.79. The van der Waals surface area contributed by atoms with Crippen LogP contribution < -0.4 is 15.4 Å². The van der Waals surface area contributed by atoms with Crippen LogP contribution >= 0.6 is 0 Å². The Morgan fingerprint density at radius 3 is 2.37 bits per heavy atom. The highest BCUT2D eigenvalue weighted by molar-refractivity contribution is 5.67.